The van der Waals surface area contributed by atoms with Crippen LogP contribution >= 0.6 is 11.6 Å². The molecule has 1 aromatic carbocycles. The van der Waals surface area contributed by atoms with Crippen molar-refractivity contribution >= 4 is 28.8 Å². The Labute approximate surface area is 123 Å². The van der Waals surface area contributed by atoms with E-state index in [4.69, 9.17) is 16.4 Å². The van der Waals surface area contributed by atoms with Crippen LogP contribution in [0.3, 0.4) is 0 Å². The quantitative estimate of drug-likeness (QED) is 0.641. The molecule has 1 aromatic heterocycles. The third-order valence-electron chi connectivity index (χ3n) is 2.69. The van der Waals surface area contributed by atoms with Gasteiger partial charge in [-0.3, -0.25) is 0 Å². The number of azo groups is 1. The van der Waals surface area contributed by atoms with Gasteiger partial charge in [0, 0.05) is 25.8 Å². The van der Waals surface area contributed by atoms with E-state index >= 15 is 0 Å². The maximum atomic E-state index is 5.88. The van der Waals surface area contributed by atoms with E-state index in [0.29, 0.717) is 10.8 Å². The van der Waals surface area contributed by atoms with Gasteiger partial charge in [0.05, 0.1) is 10.1 Å². The van der Waals surface area contributed by atoms with Gasteiger partial charge in [0.1, 0.15) is 12.8 Å². The van der Waals surface area contributed by atoms with Crippen molar-refractivity contribution in [2.75, 3.05) is 26.1 Å². The van der Waals surface area contributed by atoms with Gasteiger partial charge < -0.3 is 9.74 Å². The second-order valence-electron chi connectivity index (χ2n) is 4.32. The molecule has 0 spiro atoms. The van der Waals surface area contributed by atoms with Gasteiger partial charge in [0.15, 0.2) is 6.20 Å². The first-order chi connectivity index (χ1) is 9.60. The number of pyridine rings is 1. The Morgan fingerprint density at radius 1 is 1.05 bits per heavy atom. The first kappa shape index (κ1) is 14.3. The van der Waals surface area contributed by atoms with Gasteiger partial charge in [0.2, 0.25) is 0 Å². The van der Waals surface area contributed by atoms with Crippen molar-refractivity contribution in [2.45, 2.75) is 0 Å². The molecule has 104 valence electrons. The standard InChI is InChI=1S/C14H16ClN4O/c1-18(2)13-7-5-12(6-8-13)16-17-14-9-4-11(15)10-19(14)20-3/h4-10H,1-3H3/q+1. The van der Waals surface area contributed by atoms with Gasteiger partial charge in [-0.15, -0.1) is 0 Å². The van der Waals surface area contributed by atoms with Gasteiger partial charge in [-0.05, 0) is 40.2 Å². The van der Waals surface area contributed by atoms with Crippen molar-refractivity contribution in [3.63, 3.8) is 0 Å². The third-order valence-corrected chi connectivity index (χ3v) is 2.91. The summed E-state index contributed by atoms with van der Waals surface area (Å²) in [5, 5.41) is 8.90. The Morgan fingerprint density at radius 2 is 1.75 bits per heavy atom. The van der Waals surface area contributed by atoms with Crippen LogP contribution in [0.1, 0.15) is 0 Å². The molecule has 0 saturated heterocycles. The summed E-state index contributed by atoms with van der Waals surface area (Å²) in [6.07, 6.45) is 1.63. The molecule has 0 aliphatic rings. The molecule has 0 fully saturated rings. The maximum absolute atomic E-state index is 5.88. The lowest BCUT2D eigenvalue weighted by atomic mass is 10.3. The number of nitrogens with zero attached hydrogens (tertiary/aromatic N) is 4. The Kier molecular flexibility index (Phi) is 4.53. The van der Waals surface area contributed by atoms with Gasteiger partial charge in [0.25, 0.3) is 0 Å². The zero-order chi connectivity index (χ0) is 14.5. The van der Waals surface area contributed by atoms with Crippen LogP contribution in [0.15, 0.2) is 52.8 Å². The van der Waals surface area contributed by atoms with Crippen LogP contribution in [0.25, 0.3) is 0 Å². The molecule has 2 aromatic rings. The number of rotatable bonds is 4. The van der Waals surface area contributed by atoms with E-state index in [9.17, 15) is 0 Å². The Hall–Kier alpha value is -2.14. The fourth-order valence-corrected chi connectivity index (χ4v) is 1.75. The summed E-state index contributed by atoms with van der Waals surface area (Å²) in [6.45, 7) is 0. The second kappa shape index (κ2) is 6.34. The van der Waals surface area contributed by atoms with Crippen molar-refractivity contribution in [1.82, 2.24) is 0 Å². The van der Waals surface area contributed by atoms with Crippen LogP contribution in [-0.4, -0.2) is 21.2 Å². The maximum Gasteiger partial charge on any atom is 0.388 e. The number of anilines is 1. The van der Waals surface area contributed by atoms with E-state index in [2.05, 4.69) is 10.2 Å². The monoisotopic (exact) mass is 291 g/mol. The van der Waals surface area contributed by atoms with Crippen LogP contribution in [0, 0.1) is 0 Å². The molecule has 20 heavy (non-hydrogen) atoms. The predicted molar refractivity (Wildman–Crippen MR) is 79.1 cm³/mol. The van der Waals surface area contributed by atoms with E-state index in [1.54, 1.807) is 25.4 Å². The van der Waals surface area contributed by atoms with Crippen molar-refractivity contribution < 1.29 is 9.57 Å². The highest BCUT2D eigenvalue weighted by Gasteiger charge is 2.11. The summed E-state index contributed by atoms with van der Waals surface area (Å²) < 4.78 is 1.46. The molecule has 0 bridgehead atoms. The number of aromatic nitrogens is 1. The van der Waals surface area contributed by atoms with Crippen LogP contribution in [0.4, 0.5) is 17.2 Å². The van der Waals surface area contributed by atoms with Crippen molar-refractivity contribution in [3.8, 4) is 0 Å². The molecule has 0 aliphatic heterocycles. The highest BCUT2D eigenvalue weighted by atomic mass is 35.5. The summed E-state index contributed by atoms with van der Waals surface area (Å²) >= 11 is 5.88. The van der Waals surface area contributed by atoms with Crippen molar-refractivity contribution in [1.29, 1.82) is 0 Å². The molecular weight excluding hydrogens is 276 g/mol. The second-order valence-corrected chi connectivity index (χ2v) is 4.76. The molecule has 0 saturated carbocycles. The average molecular weight is 292 g/mol. The van der Waals surface area contributed by atoms with Crippen LogP contribution in [0.2, 0.25) is 5.02 Å². The minimum absolute atomic E-state index is 0.564. The van der Waals surface area contributed by atoms with Gasteiger partial charge in [-0.1, -0.05) is 11.6 Å². The van der Waals surface area contributed by atoms with Crippen LogP contribution < -0.4 is 14.5 Å². The summed E-state index contributed by atoms with van der Waals surface area (Å²) in [7, 11) is 5.53. The van der Waals surface area contributed by atoms with Crippen LogP contribution in [0.5, 0.6) is 0 Å². The van der Waals surface area contributed by atoms with Crippen molar-refractivity contribution in [3.05, 3.63) is 47.6 Å². The normalized spacial score (nSPS) is 10.8. The number of halogens is 1. The molecule has 6 heteroatoms. The molecule has 0 aliphatic carbocycles. The van der Waals surface area contributed by atoms with Crippen molar-refractivity contribution in [2.24, 2.45) is 10.2 Å². The lowest BCUT2D eigenvalue weighted by Gasteiger charge is -2.11. The largest absolute Gasteiger partial charge is 0.388 e. The molecule has 0 unspecified atom stereocenters. The highest BCUT2D eigenvalue weighted by molar-refractivity contribution is 6.30. The molecule has 1 heterocycles. The minimum Gasteiger partial charge on any atom is -0.378 e. The Bertz CT molecular complexity index is 611. The fourth-order valence-electron chi connectivity index (χ4n) is 1.60. The predicted octanol–water partition coefficient (Wildman–Crippen LogP) is 3.17. The Morgan fingerprint density at radius 3 is 2.35 bits per heavy atom. The lowest BCUT2D eigenvalue weighted by molar-refractivity contribution is -0.875. The molecule has 0 amide bonds. The summed E-state index contributed by atoms with van der Waals surface area (Å²) in [6, 6.07) is 11.3. The lowest BCUT2D eigenvalue weighted by Crippen LogP contribution is -2.40. The number of hydrogen-bond acceptors (Lipinski definition) is 4. The molecule has 5 nitrogen and oxygen atoms in total. The number of hydrogen-bond donors (Lipinski definition) is 0. The summed E-state index contributed by atoms with van der Waals surface area (Å²) in [5.74, 6) is 0.564. The van der Waals surface area contributed by atoms with E-state index in [0.717, 1.165) is 11.4 Å². The molecule has 0 N–H and O–H groups in total. The van der Waals surface area contributed by atoms with E-state index in [1.807, 2.05) is 43.3 Å². The fraction of sp³-hybridized carbons (Fsp3) is 0.214. The molecule has 2 rings (SSSR count). The first-order valence-electron chi connectivity index (χ1n) is 6.05. The van der Waals surface area contributed by atoms with E-state index in [1.165, 1.54) is 4.73 Å². The third kappa shape index (κ3) is 3.45. The Balaban J connectivity index is 2.20. The van der Waals surface area contributed by atoms with Gasteiger partial charge in [-0.2, -0.15) is 0 Å². The topological polar surface area (TPSA) is 41.1 Å². The van der Waals surface area contributed by atoms with E-state index < -0.39 is 0 Å². The van der Waals surface area contributed by atoms with Gasteiger partial charge in [-0.25, -0.2) is 0 Å². The summed E-state index contributed by atoms with van der Waals surface area (Å²) in [5.41, 5.74) is 1.88. The smallest absolute Gasteiger partial charge is 0.378 e. The average Bonchev–Trinajstić information content (AvgIpc) is 2.46. The molecular formula is C14H16ClN4O+. The zero-order valence-electron chi connectivity index (χ0n) is 11.6. The van der Waals surface area contributed by atoms with Crippen LogP contribution in [-0.2, 0) is 0 Å². The SMILES string of the molecule is CO[n+]1cc(Cl)ccc1N=Nc1ccc(N(C)C)cc1. The first-order valence-corrected chi connectivity index (χ1v) is 6.43. The molecule has 0 radical (unpaired) electrons. The molecule has 0 atom stereocenters. The minimum atomic E-state index is 0.564. The summed E-state index contributed by atoms with van der Waals surface area (Å²) in [4.78, 5) is 7.16. The highest BCUT2D eigenvalue weighted by Crippen LogP contribution is 2.20. The number of benzene rings is 1. The van der Waals surface area contributed by atoms with E-state index in [-0.39, 0.29) is 0 Å². The zero-order valence-corrected chi connectivity index (χ0v) is 12.4. The van der Waals surface area contributed by atoms with Gasteiger partial charge >= 0.3 is 5.82 Å².